The van der Waals surface area contributed by atoms with E-state index in [1.54, 1.807) is 26.0 Å². The minimum atomic E-state index is -0.617. The van der Waals surface area contributed by atoms with E-state index in [1.807, 2.05) is 89.1 Å². The van der Waals surface area contributed by atoms with Crippen molar-refractivity contribution in [3.05, 3.63) is 102 Å². The van der Waals surface area contributed by atoms with Gasteiger partial charge in [-0.3, -0.25) is 14.4 Å². The highest BCUT2D eigenvalue weighted by Crippen LogP contribution is 2.47. The number of methoxy groups -OCH3 is 1. The van der Waals surface area contributed by atoms with Crippen molar-refractivity contribution >= 4 is 41.1 Å². The third-order valence-corrected chi connectivity index (χ3v) is 17.1. The summed E-state index contributed by atoms with van der Waals surface area (Å²) < 4.78 is 19.5. The Morgan fingerprint density at radius 1 is 0.731 bits per heavy atom. The van der Waals surface area contributed by atoms with Gasteiger partial charge >= 0.3 is 12.0 Å². The first-order chi connectivity index (χ1) is 37.9. The predicted octanol–water partition coefficient (Wildman–Crippen LogP) is 8.03. The summed E-state index contributed by atoms with van der Waals surface area (Å²) in [4.78, 5) is 68.8. The van der Waals surface area contributed by atoms with Crippen LogP contribution in [0.2, 0.25) is 0 Å². The third-order valence-electron chi connectivity index (χ3n) is 16.8. The number of ether oxygens (including phenoxy) is 3. The summed E-state index contributed by atoms with van der Waals surface area (Å²) in [5.74, 6) is 1.59. The molecule has 0 spiro atoms. The minimum Gasteiger partial charge on any atom is -0.497 e. The molecule has 4 aromatic rings. The average Bonchev–Trinajstić information content (AvgIpc) is 4.16. The van der Waals surface area contributed by atoms with Gasteiger partial charge in [-0.05, 0) is 112 Å². The monoisotopic (exact) mass is 1090 g/mol. The first kappa shape index (κ1) is 59.6. The Morgan fingerprint density at radius 2 is 1.33 bits per heavy atom. The van der Waals surface area contributed by atoms with Crippen LogP contribution in [0.15, 0.2) is 79.6 Å². The van der Waals surface area contributed by atoms with Gasteiger partial charge in [-0.25, -0.2) is 14.8 Å². The Hall–Kier alpha value is -6.01. The lowest BCUT2D eigenvalue weighted by Gasteiger charge is -2.48. The lowest BCUT2D eigenvalue weighted by Crippen LogP contribution is -2.57. The Balaban J connectivity index is 0.000000227. The maximum absolute atomic E-state index is 14.0. The van der Waals surface area contributed by atoms with Gasteiger partial charge in [0, 0.05) is 102 Å². The van der Waals surface area contributed by atoms with E-state index in [1.165, 1.54) is 38.5 Å². The minimum absolute atomic E-state index is 0.00212. The zero-order valence-corrected chi connectivity index (χ0v) is 47.7. The number of benzene rings is 2. The van der Waals surface area contributed by atoms with Gasteiger partial charge in [-0.1, -0.05) is 87.9 Å². The van der Waals surface area contributed by atoms with Crippen molar-refractivity contribution in [2.24, 2.45) is 24.3 Å². The van der Waals surface area contributed by atoms with Crippen LogP contribution in [0, 0.1) is 17.3 Å². The number of hydrogen-bond acceptors (Lipinski definition) is 10. The number of carbonyl (C=O) groups is 4. The third kappa shape index (κ3) is 16.8. The Morgan fingerprint density at radius 3 is 1.91 bits per heavy atom. The van der Waals surface area contributed by atoms with Crippen LogP contribution in [0.25, 0.3) is 0 Å². The van der Waals surface area contributed by atoms with Gasteiger partial charge < -0.3 is 54.8 Å². The normalized spacial score (nSPS) is 18.3. The Bertz CT molecular complexity index is 2440. The fraction of sp³-hybridized carbons (Fsp3) is 0.617. The number of piperidine rings is 2. The van der Waals surface area contributed by atoms with Crippen LogP contribution in [-0.4, -0.2) is 136 Å². The van der Waals surface area contributed by atoms with E-state index in [2.05, 4.69) is 43.1 Å². The van der Waals surface area contributed by atoms with Gasteiger partial charge in [0.25, 0.3) is 0 Å². The maximum Gasteiger partial charge on any atom is 0.315 e. The van der Waals surface area contributed by atoms with Crippen molar-refractivity contribution < 1.29 is 33.4 Å². The molecule has 2 saturated heterocycles. The summed E-state index contributed by atoms with van der Waals surface area (Å²) in [5.41, 5.74) is 3.49. The lowest BCUT2D eigenvalue weighted by molar-refractivity contribution is -0.166. The molecule has 0 bridgehead atoms. The first-order valence-electron chi connectivity index (χ1n) is 29.0. The number of nitrogens with one attached hydrogen (secondary N) is 5. The summed E-state index contributed by atoms with van der Waals surface area (Å²) in [5, 5.41) is 12.8. The van der Waals surface area contributed by atoms with Gasteiger partial charge in [-0.15, -0.1) is 0 Å². The number of H-pyrrole nitrogens is 1. The molecule has 4 fully saturated rings. The quantitative estimate of drug-likeness (QED) is 0.0376. The number of carbonyl (C=O) groups excluding carboxylic acids is 4. The number of urea groups is 1. The largest absolute Gasteiger partial charge is 0.497 e. The predicted molar refractivity (Wildman–Crippen MR) is 307 cm³/mol. The molecule has 2 aliphatic carbocycles. The van der Waals surface area contributed by atoms with E-state index in [-0.39, 0.29) is 29.4 Å². The van der Waals surface area contributed by atoms with Crippen molar-refractivity contribution in [3.63, 3.8) is 0 Å². The molecule has 17 nitrogen and oxygen atoms in total. The number of amides is 4. The fourth-order valence-corrected chi connectivity index (χ4v) is 12.6. The molecule has 2 atom stereocenters. The maximum atomic E-state index is 14.0. The number of hydrogen-bond donors (Lipinski definition) is 5. The molecule has 78 heavy (non-hydrogen) atoms. The van der Waals surface area contributed by atoms with Crippen molar-refractivity contribution in [3.8, 4) is 5.75 Å². The lowest BCUT2D eigenvalue weighted by atomic mass is 9.63. The summed E-state index contributed by atoms with van der Waals surface area (Å²) in [6.45, 7) is 8.70. The van der Waals surface area contributed by atoms with Crippen LogP contribution in [-0.2, 0) is 56.6 Å². The first-order valence-corrected chi connectivity index (χ1v) is 29.4. The van der Waals surface area contributed by atoms with Gasteiger partial charge in [0.05, 0.1) is 37.4 Å². The molecule has 8 rings (SSSR count). The highest BCUT2D eigenvalue weighted by atomic mass is 32.1. The standard InChI is InChI=1S/C31H45N5O4S.C29H43N5O3/c1-4-40-29(38)31(24-8-6-5-7-9-24)15-18-36(19-16-31)28(37)27(20-23-10-12-26(39-3)13-11-23)34-30(41)33-17-14-25-21-32-22-35(25)2;1-2-19-37-29(24-11-7-4-8-12-24)14-17-34(18-15-29)27(35)26(20-23-9-5-3-6-10-23)33-28(36)31-16-13-25-21-30-22-32-25/h10-13,21-22,24,27H,4-9,14-20H2,1-3H3,(H2,33,34,41);3,5-6,9-10,21-22,24,26H,2,4,7-8,11-20H2,1H3,(H,30,32)(H2,31,33,36)/t27-;26-/m11/s1. The second-order valence-corrected chi connectivity index (χ2v) is 22.2. The number of nitrogens with zero attached hydrogens (tertiary/aromatic N) is 5. The number of likely N-dealkylation sites (tertiary alicyclic amines) is 2. The van der Waals surface area contributed by atoms with Crippen LogP contribution in [0.5, 0.6) is 5.75 Å². The number of aromatic amines is 1. The zero-order valence-electron chi connectivity index (χ0n) is 46.9. The highest BCUT2D eigenvalue weighted by Gasteiger charge is 2.50. The SMILES string of the molecule is CCCOC1(C2CCCCC2)CCN(C(=O)[C@@H](Cc2ccccc2)NC(=O)NCCc2cnc[nH]2)CC1.CCOC(=O)C1(C2CCCCC2)CCN(C(=O)[C@@H](Cc2ccc(OC)cc2)NC(=S)NCCc2cncn2C)CC1. The fourth-order valence-electron chi connectivity index (χ4n) is 12.3. The van der Waals surface area contributed by atoms with Crippen molar-refractivity contribution in [1.82, 2.24) is 50.6 Å². The molecule has 2 aromatic carbocycles. The molecule has 4 amide bonds. The molecular weight excluding hydrogens is 1000 g/mol. The summed E-state index contributed by atoms with van der Waals surface area (Å²) in [6, 6.07) is 16.2. The molecule has 5 N–H and O–H groups in total. The van der Waals surface area contributed by atoms with Gasteiger partial charge in [-0.2, -0.15) is 0 Å². The molecule has 4 aliphatic rings. The average molecular weight is 1090 g/mol. The number of aromatic nitrogens is 4. The van der Waals surface area contributed by atoms with Crippen LogP contribution in [0.3, 0.4) is 0 Å². The van der Waals surface area contributed by atoms with Crippen molar-refractivity contribution in [1.29, 1.82) is 0 Å². The van der Waals surface area contributed by atoms with E-state index >= 15 is 0 Å². The zero-order chi connectivity index (χ0) is 55.2. The smallest absolute Gasteiger partial charge is 0.315 e. The molecule has 0 unspecified atom stereocenters. The van der Waals surface area contributed by atoms with E-state index < -0.39 is 17.5 Å². The number of esters is 1. The topological polar surface area (TPSA) is 197 Å². The van der Waals surface area contributed by atoms with Gasteiger partial charge in [0.2, 0.25) is 11.8 Å². The number of imidazole rings is 2. The summed E-state index contributed by atoms with van der Waals surface area (Å²) in [6.07, 6.45) is 25.4. The van der Waals surface area contributed by atoms with E-state index in [0.29, 0.717) is 94.9 Å². The Kier molecular flexibility index (Phi) is 23.2. The molecule has 2 saturated carbocycles. The second kappa shape index (κ2) is 30.4. The second-order valence-electron chi connectivity index (χ2n) is 21.8. The number of aryl methyl sites for hydroxylation is 1. The van der Waals surface area contributed by atoms with Crippen LogP contribution >= 0.6 is 12.2 Å². The van der Waals surface area contributed by atoms with Crippen molar-refractivity contribution in [2.45, 2.75) is 154 Å². The van der Waals surface area contributed by atoms with Crippen LogP contribution in [0.4, 0.5) is 4.79 Å². The molecule has 426 valence electrons. The van der Waals surface area contributed by atoms with E-state index in [0.717, 1.165) is 86.2 Å². The van der Waals surface area contributed by atoms with Crippen LogP contribution in [0.1, 0.15) is 133 Å². The number of rotatable bonds is 22. The molecule has 2 aliphatic heterocycles. The molecule has 2 aromatic heterocycles. The molecule has 4 heterocycles. The van der Waals surface area contributed by atoms with Crippen LogP contribution < -0.4 is 26.0 Å². The van der Waals surface area contributed by atoms with Crippen molar-refractivity contribution in [2.75, 3.05) is 59.6 Å². The van der Waals surface area contributed by atoms with E-state index in [9.17, 15) is 19.2 Å². The summed E-state index contributed by atoms with van der Waals surface area (Å²) in [7, 11) is 3.60. The molecule has 0 radical (unpaired) electrons. The highest BCUT2D eigenvalue weighted by molar-refractivity contribution is 7.80. The number of thiocarbonyl (C=S) groups is 1. The van der Waals surface area contributed by atoms with Gasteiger partial charge in [0.15, 0.2) is 5.11 Å². The molecule has 18 heteroatoms. The molecular formula is C60H88N10O7S. The van der Waals surface area contributed by atoms with Gasteiger partial charge in [0.1, 0.15) is 17.8 Å². The Labute approximate surface area is 468 Å². The summed E-state index contributed by atoms with van der Waals surface area (Å²) >= 11 is 5.62. The van der Waals surface area contributed by atoms with E-state index in [4.69, 9.17) is 26.4 Å².